The van der Waals surface area contributed by atoms with Crippen molar-refractivity contribution in [3.05, 3.63) is 6.20 Å². The summed E-state index contributed by atoms with van der Waals surface area (Å²) in [6.07, 6.45) is 0.772. The molecule has 0 bridgehead atoms. The summed E-state index contributed by atoms with van der Waals surface area (Å²) < 4.78 is 61.6. The van der Waals surface area contributed by atoms with Crippen LogP contribution < -0.4 is 9.44 Å². The molecule has 1 heterocycles. The maximum Gasteiger partial charge on any atom is 0.358 e. The molecule has 1 aromatic rings. The summed E-state index contributed by atoms with van der Waals surface area (Å²) in [4.78, 5) is 0. The van der Waals surface area contributed by atoms with Gasteiger partial charge in [0, 0.05) is 0 Å². The van der Waals surface area contributed by atoms with Gasteiger partial charge in [0.25, 0.3) is 0 Å². The Balaban J connectivity index is 3.11. The molecule has 0 radical (unpaired) electrons. The van der Waals surface area contributed by atoms with E-state index in [0.717, 1.165) is 6.20 Å². The molecule has 0 atom stereocenters. The molecule has 0 aromatic carbocycles. The van der Waals surface area contributed by atoms with Crippen LogP contribution in [0.4, 0.5) is 11.5 Å². The second-order valence-corrected chi connectivity index (χ2v) is 4.66. The largest absolute Gasteiger partial charge is 0.358 e. The molecule has 0 spiro atoms. The van der Waals surface area contributed by atoms with Gasteiger partial charge < -0.3 is 0 Å². The number of nitrogens with zero attached hydrogens (tertiary/aromatic N) is 3. The Bertz CT molecular complexity index is 527. The van der Waals surface area contributed by atoms with Crippen molar-refractivity contribution in [2.24, 2.45) is 0 Å². The minimum absolute atomic E-state index is 0.505. The van der Waals surface area contributed by atoms with Gasteiger partial charge in [0.1, 0.15) is 5.69 Å². The first-order valence-electron chi connectivity index (χ1n) is 3.36. The fraction of sp³-hybridized carbons (Fsp3) is 0. The van der Waals surface area contributed by atoms with Crippen LogP contribution in [-0.4, -0.2) is 41.4 Å². The highest BCUT2D eigenvalue weighted by atomic mass is 32.2. The zero-order valence-corrected chi connectivity index (χ0v) is 8.90. The zero-order chi connectivity index (χ0) is 12.4. The first kappa shape index (κ1) is 12.5. The second-order valence-electron chi connectivity index (χ2n) is 2.35. The minimum atomic E-state index is -4.65. The van der Waals surface area contributed by atoms with Crippen LogP contribution in [0.5, 0.6) is 0 Å². The average Bonchev–Trinajstić information content (AvgIpc) is 2.03. The van der Waals surface area contributed by atoms with Gasteiger partial charge in [-0.3, -0.25) is 13.8 Å². The highest BCUT2D eigenvalue weighted by Crippen LogP contribution is 2.17. The van der Waals surface area contributed by atoms with Crippen molar-refractivity contribution < 1.29 is 25.9 Å². The van der Waals surface area contributed by atoms with E-state index in [-0.39, 0.29) is 0 Å². The molecule has 0 saturated heterocycles. The van der Waals surface area contributed by atoms with E-state index in [1.165, 1.54) is 9.44 Å². The molecule has 0 unspecified atom stereocenters. The SMILES string of the molecule is O=S(=O)(O)Nc1cnnnc1NS(=O)(=O)O. The molecule has 16 heavy (non-hydrogen) atoms. The van der Waals surface area contributed by atoms with E-state index < -0.39 is 32.1 Å². The Morgan fingerprint density at radius 2 is 1.62 bits per heavy atom. The van der Waals surface area contributed by atoms with E-state index in [2.05, 4.69) is 15.4 Å². The first-order valence-corrected chi connectivity index (χ1v) is 6.24. The number of anilines is 2. The summed E-state index contributed by atoms with van der Waals surface area (Å²) >= 11 is 0. The van der Waals surface area contributed by atoms with Gasteiger partial charge in [0.05, 0.1) is 6.20 Å². The van der Waals surface area contributed by atoms with Crippen LogP contribution in [0.25, 0.3) is 0 Å². The number of nitrogens with one attached hydrogen (secondary N) is 2. The summed E-state index contributed by atoms with van der Waals surface area (Å²) in [5.74, 6) is -0.643. The molecule has 90 valence electrons. The maximum absolute atomic E-state index is 10.4. The van der Waals surface area contributed by atoms with E-state index in [9.17, 15) is 16.8 Å². The van der Waals surface area contributed by atoms with Crippen LogP contribution in [0.1, 0.15) is 0 Å². The Kier molecular flexibility index (Phi) is 3.22. The van der Waals surface area contributed by atoms with Gasteiger partial charge in [0.2, 0.25) is 0 Å². The molecule has 0 fully saturated rings. The molecular weight excluding hydrogens is 266 g/mol. The molecule has 0 aliphatic carbocycles. The van der Waals surface area contributed by atoms with Crippen molar-refractivity contribution in [2.75, 3.05) is 9.44 Å². The maximum atomic E-state index is 10.4. The Hall–Kier alpha value is -1.57. The van der Waals surface area contributed by atoms with E-state index in [4.69, 9.17) is 9.11 Å². The van der Waals surface area contributed by atoms with Crippen molar-refractivity contribution in [3.63, 3.8) is 0 Å². The zero-order valence-electron chi connectivity index (χ0n) is 7.26. The third-order valence-electron chi connectivity index (χ3n) is 1.10. The Labute approximate surface area is 89.7 Å². The van der Waals surface area contributed by atoms with Gasteiger partial charge in [-0.05, 0) is 5.21 Å². The van der Waals surface area contributed by atoms with Crippen molar-refractivity contribution in [1.82, 2.24) is 15.4 Å². The van der Waals surface area contributed by atoms with Crippen LogP contribution in [0.3, 0.4) is 0 Å². The van der Waals surface area contributed by atoms with Crippen molar-refractivity contribution >= 4 is 32.1 Å². The lowest BCUT2D eigenvalue weighted by Gasteiger charge is -2.06. The lowest BCUT2D eigenvalue weighted by molar-refractivity contribution is 0.486. The third kappa shape index (κ3) is 4.30. The van der Waals surface area contributed by atoms with Crippen LogP contribution in [-0.2, 0) is 20.6 Å². The molecule has 11 nitrogen and oxygen atoms in total. The Morgan fingerprint density at radius 1 is 1.06 bits per heavy atom. The van der Waals surface area contributed by atoms with Gasteiger partial charge in [0.15, 0.2) is 5.82 Å². The van der Waals surface area contributed by atoms with Gasteiger partial charge in [-0.2, -0.15) is 16.8 Å². The number of hydrogen-bond donors (Lipinski definition) is 4. The molecule has 1 rings (SSSR count). The molecule has 4 N–H and O–H groups in total. The quantitative estimate of drug-likeness (QED) is 0.465. The minimum Gasteiger partial charge on any atom is -0.269 e. The highest BCUT2D eigenvalue weighted by Gasteiger charge is 2.14. The molecule has 0 aliphatic heterocycles. The Morgan fingerprint density at radius 3 is 2.12 bits per heavy atom. The number of hydrogen-bond acceptors (Lipinski definition) is 7. The fourth-order valence-corrected chi connectivity index (χ4v) is 1.50. The van der Waals surface area contributed by atoms with E-state index in [1.807, 2.05) is 0 Å². The summed E-state index contributed by atoms with van der Waals surface area (Å²) in [6, 6.07) is 0. The first-order chi connectivity index (χ1) is 7.17. The summed E-state index contributed by atoms with van der Waals surface area (Å²) in [7, 11) is -9.28. The number of rotatable bonds is 4. The topological polar surface area (TPSA) is 171 Å². The average molecular weight is 271 g/mol. The predicted molar refractivity (Wildman–Crippen MR) is 50.2 cm³/mol. The van der Waals surface area contributed by atoms with Crippen LogP contribution in [0.2, 0.25) is 0 Å². The summed E-state index contributed by atoms with van der Waals surface area (Å²) in [5, 5.41) is 9.25. The smallest absolute Gasteiger partial charge is 0.269 e. The summed E-state index contributed by atoms with van der Waals surface area (Å²) in [5.41, 5.74) is -0.505. The monoisotopic (exact) mass is 271 g/mol. The molecule has 0 amide bonds. The van der Waals surface area contributed by atoms with Crippen LogP contribution in [0, 0.1) is 0 Å². The number of aromatic nitrogens is 3. The second kappa shape index (κ2) is 4.12. The lowest BCUT2D eigenvalue weighted by atomic mass is 10.5. The molecular formula is C3H5N5O6S2. The standard InChI is InChI=1S/C3H5N5O6S2/c9-15(10,11)6-2-1-4-8-5-3(2)7-16(12,13)14/h1H,(H,6,8)(H,4,5,7)(H,9,10,11)(H,12,13,14). The summed E-state index contributed by atoms with van der Waals surface area (Å²) in [6.45, 7) is 0. The van der Waals surface area contributed by atoms with E-state index in [0.29, 0.717) is 0 Å². The molecule has 0 saturated carbocycles. The molecule has 13 heteroatoms. The van der Waals surface area contributed by atoms with Gasteiger partial charge >= 0.3 is 20.6 Å². The van der Waals surface area contributed by atoms with Crippen molar-refractivity contribution in [1.29, 1.82) is 0 Å². The molecule has 0 aliphatic rings. The van der Waals surface area contributed by atoms with Crippen molar-refractivity contribution in [2.45, 2.75) is 0 Å². The predicted octanol–water partition coefficient (Wildman–Crippen LogP) is -1.70. The van der Waals surface area contributed by atoms with Gasteiger partial charge in [-0.25, -0.2) is 4.72 Å². The van der Waals surface area contributed by atoms with E-state index >= 15 is 0 Å². The fourth-order valence-electron chi connectivity index (χ4n) is 0.680. The van der Waals surface area contributed by atoms with Gasteiger partial charge in [-0.15, -0.1) is 10.2 Å². The van der Waals surface area contributed by atoms with Crippen LogP contribution in [0.15, 0.2) is 6.20 Å². The molecule has 1 aromatic heterocycles. The normalized spacial score (nSPS) is 12.1. The van der Waals surface area contributed by atoms with Gasteiger partial charge in [-0.1, -0.05) is 0 Å². The van der Waals surface area contributed by atoms with Crippen molar-refractivity contribution in [3.8, 4) is 0 Å². The third-order valence-corrected chi connectivity index (χ3v) is 2.03. The lowest BCUT2D eigenvalue weighted by Crippen LogP contribution is -2.17. The highest BCUT2D eigenvalue weighted by molar-refractivity contribution is 7.87. The van der Waals surface area contributed by atoms with Crippen LogP contribution >= 0.6 is 0 Å². The van der Waals surface area contributed by atoms with E-state index in [1.54, 1.807) is 0 Å².